The van der Waals surface area contributed by atoms with Gasteiger partial charge in [-0.25, -0.2) is 4.98 Å². The summed E-state index contributed by atoms with van der Waals surface area (Å²) < 4.78 is 2.58. The lowest BCUT2D eigenvalue weighted by Gasteiger charge is -2.12. The average Bonchev–Trinajstić information content (AvgIpc) is 3.68. The Labute approximate surface area is 234 Å². The van der Waals surface area contributed by atoms with Crippen LogP contribution in [0.25, 0.3) is 16.9 Å². The van der Waals surface area contributed by atoms with Crippen molar-refractivity contribution < 1.29 is 4.79 Å². The van der Waals surface area contributed by atoms with Gasteiger partial charge in [-0.3, -0.25) is 4.79 Å². The van der Waals surface area contributed by atoms with Crippen LogP contribution in [0.4, 0.5) is 5.82 Å². The fraction of sp³-hybridized carbons (Fsp3) is 0.167. The van der Waals surface area contributed by atoms with Crippen molar-refractivity contribution in [2.75, 3.05) is 5.32 Å². The first-order chi connectivity index (χ1) is 18.6. The number of fused-ring (bicyclic) bond motifs is 1. The number of carbonyl (C=O) groups is 1. The largest absolute Gasteiger partial charge is 0.366 e. The molecule has 1 aliphatic rings. The number of nitrogens with zero attached hydrogens (tertiary/aromatic N) is 3. The number of nitrogens with one attached hydrogen (secondary N) is 2. The molecule has 3 aromatic carbocycles. The van der Waals surface area contributed by atoms with E-state index < -0.39 is 0 Å². The zero-order valence-corrected chi connectivity index (χ0v) is 22.8. The molecule has 1 aliphatic carbocycles. The average molecular weight is 587 g/mol. The second kappa shape index (κ2) is 10.6. The van der Waals surface area contributed by atoms with Gasteiger partial charge in [-0.05, 0) is 51.0 Å². The van der Waals surface area contributed by atoms with Crippen molar-refractivity contribution >= 4 is 44.9 Å². The third-order valence-corrected chi connectivity index (χ3v) is 7.79. The smallest absolute Gasteiger partial charge is 0.224 e. The summed E-state index contributed by atoms with van der Waals surface area (Å²) in [6.45, 7) is 1.13. The molecular weight excluding hydrogens is 562 g/mol. The molecule has 6 rings (SSSR count). The highest BCUT2D eigenvalue weighted by molar-refractivity contribution is 9.10. The van der Waals surface area contributed by atoms with Crippen LogP contribution in [0.3, 0.4) is 0 Å². The first-order valence-electron chi connectivity index (χ1n) is 12.5. The quantitative estimate of drug-likeness (QED) is 0.209. The maximum Gasteiger partial charge on any atom is 0.224 e. The van der Waals surface area contributed by atoms with Gasteiger partial charge in [0.1, 0.15) is 5.82 Å². The van der Waals surface area contributed by atoms with Crippen LogP contribution in [0.5, 0.6) is 0 Å². The Morgan fingerprint density at radius 2 is 1.68 bits per heavy atom. The molecule has 190 valence electrons. The van der Waals surface area contributed by atoms with E-state index >= 15 is 0 Å². The van der Waals surface area contributed by atoms with Gasteiger partial charge < -0.3 is 10.6 Å². The molecule has 0 bridgehead atoms. The SMILES string of the molecule is O=C(NCc1ccc(CNc2cc(-c3ccccc3Cl)nc3c(Br)cnn23)cc1)C1C[C@H]1c1ccccc1. The standard InChI is InChI=1S/C30H25BrClN5O/c31-25-18-35-37-28(15-27(36-29(25)37)22-8-4-5-9-26(22)32)33-16-19-10-12-20(13-11-19)17-34-30(38)24-14-23(24)21-6-2-1-3-7-21/h1-13,15,18,23-24,33H,14,16-17H2,(H,34,38)/t23-,24?/m0/s1. The van der Waals surface area contributed by atoms with Gasteiger partial charge in [0.05, 0.1) is 16.4 Å². The molecule has 38 heavy (non-hydrogen) atoms. The second-order valence-corrected chi connectivity index (χ2v) is 10.7. The van der Waals surface area contributed by atoms with Crippen molar-refractivity contribution in [3.8, 4) is 11.3 Å². The number of aromatic nitrogens is 3. The Kier molecular flexibility index (Phi) is 6.87. The fourth-order valence-electron chi connectivity index (χ4n) is 4.71. The van der Waals surface area contributed by atoms with Crippen LogP contribution in [0, 0.1) is 5.92 Å². The van der Waals surface area contributed by atoms with E-state index in [-0.39, 0.29) is 11.8 Å². The number of amides is 1. The van der Waals surface area contributed by atoms with Gasteiger partial charge in [0.2, 0.25) is 5.91 Å². The number of carbonyl (C=O) groups excluding carboxylic acids is 1. The zero-order chi connectivity index (χ0) is 26.1. The van der Waals surface area contributed by atoms with Crippen molar-refractivity contribution in [1.82, 2.24) is 19.9 Å². The van der Waals surface area contributed by atoms with Gasteiger partial charge in [-0.2, -0.15) is 9.61 Å². The topological polar surface area (TPSA) is 71.3 Å². The van der Waals surface area contributed by atoms with Crippen LogP contribution < -0.4 is 10.6 Å². The molecule has 2 aromatic heterocycles. The second-order valence-electron chi connectivity index (χ2n) is 9.48. The summed E-state index contributed by atoms with van der Waals surface area (Å²) in [6.07, 6.45) is 2.66. The summed E-state index contributed by atoms with van der Waals surface area (Å²) in [4.78, 5) is 17.4. The summed E-state index contributed by atoms with van der Waals surface area (Å²) in [5.41, 5.74) is 5.77. The molecule has 2 heterocycles. The lowest BCUT2D eigenvalue weighted by atomic mass is 10.1. The van der Waals surface area contributed by atoms with Gasteiger partial charge in [0.25, 0.3) is 0 Å². The van der Waals surface area contributed by atoms with Crippen molar-refractivity contribution in [2.24, 2.45) is 5.92 Å². The molecule has 0 saturated heterocycles. The normalized spacial score (nSPS) is 16.4. The Hall–Kier alpha value is -3.68. The first kappa shape index (κ1) is 24.6. The molecule has 0 spiro atoms. The maximum absolute atomic E-state index is 12.6. The Bertz CT molecular complexity index is 1600. The predicted octanol–water partition coefficient (Wildman–Crippen LogP) is 6.84. The number of anilines is 1. The molecular formula is C30H25BrClN5O. The third-order valence-electron chi connectivity index (χ3n) is 6.90. The highest BCUT2D eigenvalue weighted by Gasteiger charge is 2.43. The van der Waals surface area contributed by atoms with Crippen molar-refractivity contribution in [2.45, 2.75) is 25.4 Å². The van der Waals surface area contributed by atoms with E-state index in [1.165, 1.54) is 5.56 Å². The van der Waals surface area contributed by atoms with Crippen molar-refractivity contribution in [3.05, 3.63) is 117 Å². The highest BCUT2D eigenvalue weighted by atomic mass is 79.9. The van der Waals surface area contributed by atoms with Gasteiger partial charge in [-0.1, -0.05) is 84.4 Å². The van der Waals surface area contributed by atoms with E-state index in [0.29, 0.717) is 29.7 Å². The zero-order valence-electron chi connectivity index (χ0n) is 20.4. The van der Waals surface area contributed by atoms with E-state index in [2.05, 4.69) is 68.1 Å². The van der Waals surface area contributed by atoms with E-state index in [4.69, 9.17) is 16.6 Å². The first-order valence-corrected chi connectivity index (χ1v) is 13.7. The minimum atomic E-state index is 0.0797. The maximum atomic E-state index is 12.6. The summed E-state index contributed by atoms with van der Waals surface area (Å²) in [6, 6.07) is 28.2. The van der Waals surface area contributed by atoms with Crippen LogP contribution >= 0.6 is 27.5 Å². The molecule has 2 N–H and O–H groups in total. The number of hydrogen-bond acceptors (Lipinski definition) is 4. The van der Waals surface area contributed by atoms with Gasteiger partial charge >= 0.3 is 0 Å². The van der Waals surface area contributed by atoms with Crippen LogP contribution in [0.2, 0.25) is 5.02 Å². The van der Waals surface area contributed by atoms with Gasteiger partial charge in [0.15, 0.2) is 5.65 Å². The predicted molar refractivity (Wildman–Crippen MR) is 154 cm³/mol. The Morgan fingerprint density at radius 1 is 0.974 bits per heavy atom. The Morgan fingerprint density at radius 3 is 2.45 bits per heavy atom. The molecule has 8 heteroatoms. The number of halogens is 2. The minimum absolute atomic E-state index is 0.0797. The monoisotopic (exact) mass is 585 g/mol. The molecule has 1 amide bonds. The minimum Gasteiger partial charge on any atom is -0.366 e. The number of rotatable bonds is 8. The third kappa shape index (κ3) is 5.17. The van der Waals surface area contributed by atoms with Crippen LogP contribution in [-0.2, 0) is 17.9 Å². The van der Waals surface area contributed by atoms with E-state index in [9.17, 15) is 4.79 Å². The highest BCUT2D eigenvalue weighted by Crippen LogP contribution is 2.47. The van der Waals surface area contributed by atoms with Crippen LogP contribution in [-0.4, -0.2) is 20.5 Å². The molecule has 0 aliphatic heterocycles. The molecule has 1 fully saturated rings. The summed E-state index contributed by atoms with van der Waals surface area (Å²) in [5, 5.41) is 11.7. The van der Waals surface area contributed by atoms with Gasteiger partial charge in [0, 0.05) is 35.7 Å². The van der Waals surface area contributed by atoms with Crippen molar-refractivity contribution in [1.29, 1.82) is 0 Å². The lowest BCUT2D eigenvalue weighted by Crippen LogP contribution is -2.24. The van der Waals surface area contributed by atoms with E-state index in [0.717, 1.165) is 39.1 Å². The number of hydrogen-bond donors (Lipinski definition) is 2. The summed E-state index contributed by atoms with van der Waals surface area (Å²) in [7, 11) is 0. The molecule has 0 radical (unpaired) electrons. The molecule has 5 aromatic rings. The summed E-state index contributed by atoms with van der Waals surface area (Å²) >= 11 is 9.99. The van der Waals surface area contributed by atoms with E-state index in [1.54, 1.807) is 10.7 Å². The Balaban J connectivity index is 1.10. The lowest BCUT2D eigenvalue weighted by molar-refractivity contribution is -0.122. The summed E-state index contributed by atoms with van der Waals surface area (Å²) in [5.74, 6) is 1.37. The van der Waals surface area contributed by atoms with Gasteiger partial charge in [-0.15, -0.1) is 0 Å². The molecule has 2 atom stereocenters. The van der Waals surface area contributed by atoms with E-state index in [1.807, 2.05) is 48.5 Å². The van der Waals surface area contributed by atoms with Crippen molar-refractivity contribution in [3.63, 3.8) is 0 Å². The van der Waals surface area contributed by atoms with Crippen LogP contribution in [0.1, 0.15) is 29.0 Å². The number of benzene rings is 3. The fourth-order valence-corrected chi connectivity index (χ4v) is 5.29. The van der Waals surface area contributed by atoms with Crippen LogP contribution in [0.15, 0.2) is 95.6 Å². The molecule has 6 nitrogen and oxygen atoms in total. The molecule has 1 unspecified atom stereocenters. The molecule has 1 saturated carbocycles.